The van der Waals surface area contributed by atoms with Crippen LogP contribution in [-0.2, 0) is 0 Å². The summed E-state index contributed by atoms with van der Waals surface area (Å²) < 4.78 is 19.6. The molecule has 0 aliphatic heterocycles. The van der Waals surface area contributed by atoms with Crippen molar-refractivity contribution in [1.82, 2.24) is 0 Å². The number of hydrogen-bond donors (Lipinski definition) is 1. The molecule has 2 aromatic carbocycles. The third kappa shape index (κ3) is 3.23. The lowest BCUT2D eigenvalue weighted by molar-refractivity contribution is 0.473. The molecule has 0 aliphatic rings. The second kappa shape index (κ2) is 5.86. The molecule has 0 unspecified atom stereocenters. The molecule has 2 N–H and O–H groups in total. The Labute approximate surface area is 128 Å². The minimum atomic E-state index is -0.562. The van der Waals surface area contributed by atoms with Crippen molar-refractivity contribution in [3.8, 4) is 11.5 Å². The Hall–Kier alpha value is -1.17. The predicted octanol–water partition coefficient (Wildman–Crippen LogP) is 4.67. The fraction of sp³-hybridized carbons (Fsp3) is 0. The molecular formula is C13H8BrClFNOS. The van der Waals surface area contributed by atoms with Gasteiger partial charge in [-0.05, 0) is 34.1 Å². The van der Waals surface area contributed by atoms with Gasteiger partial charge in [0.1, 0.15) is 22.3 Å². The maximum atomic E-state index is 13.4. The SMILES string of the molecule is NC(=S)c1ccccc1Oc1cc(F)c(Cl)cc1Br. The number of rotatable bonds is 3. The maximum Gasteiger partial charge on any atom is 0.145 e. The summed E-state index contributed by atoms with van der Waals surface area (Å²) in [5, 5.41) is 0.0156. The Bertz CT molecular complexity index is 651. The largest absolute Gasteiger partial charge is 0.455 e. The first-order chi connectivity index (χ1) is 8.99. The van der Waals surface area contributed by atoms with Crippen LogP contribution in [0.3, 0.4) is 0 Å². The fourth-order valence-electron chi connectivity index (χ4n) is 1.46. The highest BCUT2D eigenvalue weighted by Gasteiger charge is 2.12. The quantitative estimate of drug-likeness (QED) is 0.638. The van der Waals surface area contributed by atoms with E-state index >= 15 is 0 Å². The molecule has 98 valence electrons. The zero-order valence-electron chi connectivity index (χ0n) is 9.49. The lowest BCUT2D eigenvalue weighted by atomic mass is 10.2. The van der Waals surface area contributed by atoms with Gasteiger partial charge in [0, 0.05) is 6.07 Å². The van der Waals surface area contributed by atoms with E-state index in [0.717, 1.165) is 0 Å². The molecule has 2 nitrogen and oxygen atoms in total. The minimum Gasteiger partial charge on any atom is -0.455 e. The van der Waals surface area contributed by atoms with Gasteiger partial charge in [-0.15, -0.1) is 0 Å². The van der Waals surface area contributed by atoms with E-state index in [-0.39, 0.29) is 10.0 Å². The zero-order valence-corrected chi connectivity index (χ0v) is 12.7. The van der Waals surface area contributed by atoms with E-state index in [1.165, 1.54) is 12.1 Å². The number of ether oxygens (including phenoxy) is 1. The van der Waals surface area contributed by atoms with Gasteiger partial charge in [0.05, 0.1) is 15.1 Å². The Morgan fingerprint density at radius 1 is 1.26 bits per heavy atom. The van der Waals surface area contributed by atoms with Gasteiger partial charge in [-0.3, -0.25) is 0 Å². The minimum absolute atomic E-state index is 0.0156. The number of nitrogens with two attached hydrogens (primary N) is 1. The molecule has 19 heavy (non-hydrogen) atoms. The molecular weight excluding hydrogens is 353 g/mol. The highest BCUT2D eigenvalue weighted by atomic mass is 79.9. The molecule has 0 fully saturated rings. The summed E-state index contributed by atoms with van der Waals surface area (Å²) in [6.45, 7) is 0. The predicted molar refractivity (Wildman–Crippen MR) is 81.5 cm³/mol. The summed E-state index contributed by atoms with van der Waals surface area (Å²) in [6, 6.07) is 9.62. The van der Waals surface area contributed by atoms with Crippen molar-refractivity contribution in [3.63, 3.8) is 0 Å². The van der Waals surface area contributed by atoms with Gasteiger partial charge in [0.25, 0.3) is 0 Å². The Morgan fingerprint density at radius 3 is 2.63 bits per heavy atom. The first kappa shape index (κ1) is 14.2. The molecule has 0 saturated carbocycles. The van der Waals surface area contributed by atoms with Gasteiger partial charge in [0.2, 0.25) is 0 Å². The van der Waals surface area contributed by atoms with E-state index in [1.54, 1.807) is 24.3 Å². The second-order valence-electron chi connectivity index (χ2n) is 3.66. The molecule has 0 bridgehead atoms. The van der Waals surface area contributed by atoms with Crippen LogP contribution in [0.15, 0.2) is 40.9 Å². The van der Waals surface area contributed by atoms with Crippen LogP contribution in [0.2, 0.25) is 5.02 Å². The van der Waals surface area contributed by atoms with E-state index in [9.17, 15) is 4.39 Å². The molecule has 0 heterocycles. The van der Waals surface area contributed by atoms with Crippen molar-refractivity contribution in [3.05, 3.63) is 57.3 Å². The van der Waals surface area contributed by atoms with Crippen molar-refractivity contribution in [1.29, 1.82) is 0 Å². The number of hydrogen-bond acceptors (Lipinski definition) is 2. The van der Waals surface area contributed by atoms with Crippen molar-refractivity contribution in [2.75, 3.05) is 0 Å². The molecule has 0 saturated heterocycles. The van der Waals surface area contributed by atoms with E-state index in [0.29, 0.717) is 21.5 Å². The van der Waals surface area contributed by atoms with Gasteiger partial charge >= 0.3 is 0 Å². The molecule has 2 aromatic rings. The summed E-state index contributed by atoms with van der Waals surface area (Å²) in [5.41, 5.74) is 6.19. The number of thiocarbonyl (C=S) groups is 1. The van der Waals surface area contributed by atoms with Crippen LogP contribution in [0, 0.1) is 5.82 Å². The topological polar surface area (TPSA) is 35.2 Å². The molecule has 2 rings (SSSR count). The Morgan fingerprint density at radius 2 is 1.95 bits per heavy atom. The Kier molecular flexibility index (Phi) is 4.39. The van der Waals surface area contributed by atoms with Crippen LogP contribution in [0.4, 0.5) is 4.39 Å². The first-order valence-electron chi connectivity index (χ1n) is 5.20. The summed E-state index contributed by atoms with van der Waals surface area (Å²) in [5.74, 6) is 0.190. The van der Waals surface area contributed by atoms with Crippen LogP contribution in [0.25, 0.3) is 0 Å². The third-order valence-electron chi connectivity index (χ3n) is 2.35. The lowest BCUT2D eigenvalue weighted by Crippen LogP contribution is -2.10. The second-order valence-corrected chi connectivity index (χ2v) is 5.36. The van der Waals surface area contributed by atoms with Gasteiger partial charge < -0.3 is 10.5 Å². The lowest BCUT2D eigenvalue weighted by Gasteiger charge is -2.12. The van der Waals surface area contributed by atoms with Crippen LogP contribution in [0.1, 0.15) is 5.56 Å². The highest BCUT2D eigenvalue weighted by molar-refractivity contribution is 9.10. The molecule has 0 amide bonds. The van der Waals surface area contributed by atoms with E-state index in [2.05, 4.69) is 15.9 Å². The van der Waals surface area contributed by atoms with E-state index in [1.807, 2.05) is 0 Å². The smallest absolute Gasteiger partial charge is 0.145 e. The normalized spacial score (nSPS) is 10.3. The van der Waals surface area contributed by atoms with Crippen molar-refractivity contribution in [2.24, 2.45) is 5.73 Å². The molecule has 0 aliphatic carbocycles. The van der Waals surface area contributed by atoms with Crippen molar-refractivity contribution in [2.45, 2.75) is 0 Å². The van der Waals surface area contributed by atoms with E-state index < -0.39 is 5.82 Å². The fourth-order valence-corrected chi connectivity index (χ4v) is 2.35. The number of halogens is 3. The maximum absolute atomic E-state index is 13.4. The van der Waals surface area contributed by atoms with Crippen LogP contribution in [-0.4, -0.2) is 4.99 Å². The standard InChI is InChI=1S/C13H8BrClFNOS/c14-8-5-9(15)10(16)6-12(8)18-11-4-2-1-3-7(11)13(17)19/h1-6H,(H2,17,19). The van der Waals surface area contributed by atoms with Gasteiger partial charge in [-0.25, -0.2) is 4.39 Å². The molecule has 0 atom stereocenters. The highest BCUT2D eigenvalue weighted by Crippen LogP contribution is 2.34. The average molecular weight is 361 g/mol. The van der Waals surface area contributed by atoms with E-state index in [4.69, 9.17) is 34.3 Å². The summed E-state index contributed by atoms with van der Waals surface area (Å²) in [6.07, 6.45) is 0. The summed E-state index contributed by atoms with van der Waals surface area (Å²) >= 11 is 13.9. The monoisotopic (exact) mass is 359 g/mol. The molecule has 0 spiro atoms. The van der Waals surface area contributed by atoms with Crippen LogP contribution in [0.5, 0.6) is 11.5 Å². The molecule has 6 heteroatoms. The number of para-hydroxylation sites is 1. The van der Waals surface area contributed by atoms with Crippen molar-refractivity contribution < 1.29 is 9.13 Å². The molecule has 0 radical (unpaired) electrons. The van der Waals surface area contributed by atoms with Crippen LogP contribution >= 0.6 is 39.7 Å². The average Bonchev–Trinajstić information content (AvgIpc) is 2.36. The zero-order chi connectivity index (χ0) is 14.0. The van der Waals surface area contributed by atoms with Crippen molar-refractivity contribution >= 4 is 44.7 Å². The number of benzene rings is 2. The van der Waals surface area contributed by atoms with Gasteiger partial charge in [-0.1, -0.05) is 36.0 Å². The third-order valence-corrected chi connectivity index (χ3v) is 3.48. The first-order valence-corrected chi connectivity index (χ1v) is 6.78. The van der Waals surface area contributed by atoms with Crippen LogP contribution < -0.4 is 10.5 Å². The summed E-state index contributed by atoms with van der Waals surface area (Å²) in [7, 11) is 0. The Balaban J connectivity index is 2.42. The van der Waals surface area contributed by atoms with Gasteiger partial charge in [0.15, 0.2) is 0 Å². The van der Waals surface area contributed by atoms with Gasteiger partial charge in [-0.2, -0.15) is 0 Å². The summed E-state index contributed by atoms with van der Waals surface area (Å²) in [4.78, 5) is 0.209. The molecule has 0 aromatic heterocycles.